The Morgan fingerprint density at radius 2 is 1.97 bits per heavy atom. The van der Waals surface area contributed by atoms with Gasteiger partial charge in [-0.2, -0.15) is 0 Å². The van der Waals surface area contributed by atoms with Crippen LogP contribution in [0.5, 0.6) is 0 Å². The van der Waals surface area contributed by atoms with Gasteiger partial charge in [0.25, 0.3) is 0 Å². The molecule has 0 radical (unpaired) electrons. The molecule has 4 fully saturated rings. The molecule has 0 aromatic rings. The SMILES string of the molecule is C/C=C(\C)C(=O)O[C@H]1C(=O)O[C@@H]2C[C@H]3C(C)=CC(=O)[C@@H](O)[C@]3(C)[C@H]3[C@@]4(O)OC[C@]32[C@@H]1[C@@H](C)[C@H]4O. The predicted molar refractivity (Wildman–Crippen MR) is 116 cm³/mol. The lowest BCUT2D eigenvalue weighted by atomic mass is 9.38. The second-order valence-electron chi connectivity index (χ2n) is 11.0. The Kier molecular flexibility index (Phi) is 5.03. The standard InChI is InChI=1S/C25H32O9/c1-6-10(2)20(29)34-17-16-12(4)18(27)25(31)22-23(5)13(11(3)7-14(26)19(23)28)8-15(33-21(17)30)24(16,22)9-32-25/h6-7,12-13,15-19,22,27-28,31H,8-9H2,1-5H3/b10-6+/t12-,13+,15-,16-,17-,18-,19-,22-,23-,24+,25+/m1/s1. The highest BCUT2D eigenvalue weighted by Gasteiger charge is 2.83. The molecule has 0 aromatic carbocycles. The van der Waals surface area contributed by atoms with E-state index in [9.17, 15) is 29.7 Å². The van der Waals surface area contributed by atoms with Crippen molar-refractivity contribution in [3.8, 4) is 0 Å². The molecule has 2 saturated heterocycles. The molecule has 5 aliphatic rings. The first-order valence-electron chi connectivity index (χ1n) is 11.8. The van der Waals surface area contributed by atoms with E-state index in [1.165, 1.54) is 6.08 Å². The summed E-state index contributed by atoms with van der Waals surface area (Å²) in [5, 5.41) is 34.3. The molecule has 3 aliphatic carbocycles. The molecule has 5 rings (SSSR count). The summed E-state index contributed by atoms with van der Waals surface area (Å²) in [6.07, 6.45) is -1.64. The van der Waals surface area contributed by atoms with Gasteiger partial charge in [-0.25, -0.2) is 9.59 Å². The first kappa shape index (κ1) is 23.7. The molecule has 1 spiro atoms. The topological polar surface area (TPSA) is 140 Å². The van der Waals surface area contributed by atoms with Crippen LogP contribution in [0.3, 0.4) is 0 Å². The Hall–Kier alpha value is -2.07. The zero-order valence-electron chi connectivity index (χ0n) is 20.0. The zero-order chi connectivity index (χ0) is 25.0. The van der Waals surface area contributed by atoms with E-state index in [4.69, 9.17) is 14.2 Å². The number of carbonyl (C=O) groups excluding carboxylic acids is 3. The fourth-order valence-electron chi connectivity index (χ4n) is 8.06. The highest BCUT2D eigenvalue weighted by molar-refractivity contribution is 5.96. The van der Waals surface area contributed by atoms with Crippen molar-refractivity contribution in [1.82, 2.24) is 0 Å². The maximum Gasteiger partial charge on any atom is 0.348 e. The number of hydrogen-bond donors (Lipinski definition) is 3. The van der Waals surface area contributed by atoms with Crippen LogP contribution in [0.15, 0.2) is 23.3 Å². The van der Waals surface area contributed by atoms with Gasteiger partial charge in [0, 0.05) is 28.2 Å². The van der Waals surface area contributed by atoms with Crippen molar-refractivity contribution in [2.45, 2.75) is 71.2 Å². The average molecular weight is 477 g/mol. The number of hydrogen-bond acceptors (Lipinski definition) is 9. The molecule has 0 aromatic heterocycles. The number of aliphatic hydroxyl groups excluding tert-OH is 2. The van der Waals surface area contributed by atoms with E-state index in [0.717, 1.165) is 0 Å². The van der Waals surface area contributed by atoms with Crippen LogP contribution in [0.2, 0.25) is 0 Å². The molecule has 186 valence electrons. The number of carbonyl (C=O) groups is 3. The van der Waals surface area contributed by atoms with Gasteiger partial charge in [0.2, 0.25) is 6.10 Å². The Balaban J connectivity index is 1.71. The summed E-state index contributed by atoms with van der Waals surface area (Å²) < 4.78 is 17.5. The lowest BCUT2D eigenvalue weighted by Crippen LogP contribution is -2.78. The second kappa shape index (κ2) is 7.22. The summed E-state index contributed by atoms with van der Waals surface area (Å²) in [5.74, 6) is -6.72. The molecule has 3 N–H and O–H groups in total. The van der Waals surface area contributed by atoms with Crippen molar-refractivity contribution >= 4 is 17.7 Å². The van der Waals surface area contributed by atoms with Gasteiger partial charge in [-0.15, -0.1) is 0 Å². The highest BCUT2D eigenvalue weighted by Crippen LogP contribution is 2.73. The molecule has 11 atom stereocenters. The Labute approximate surface area is 197 Å². The van der Waals surface area contributed by atoms with E-state index < -0.39 is 82.4 Å². The fraction of sp³-hybridized carbons (Fsp3) is 0.720. The average Bonchev–Trinajstić information content (AvgIpc) is 3.08. The number of esters is 2. The summed E-state index contributed by atoms with van der Waals surface area (Å²) in [6.45, 7) is 8.39. The van der Waals surface area contributed by atoms with Gasteiger partial charge in [0.05, 0.1) is 6.61 Å². The smallest absolute Gasteiger partial charge is 0.348 e. The number of ether oxygens (including phenoxy) is 3. The van der Waals surface area contributed by atoms with Crippen molar-refractivity contribution in [1.29, 1.82) is 0 Å². The third-order valence-electron chi connectivity index (χ3n) is 9.62. The molecule has 34 heavy (non-hydrogen) atoms. The fourth-order valence-corrected chi connectivity index (χ4v) is 8.06. The summed E-state index contributed by atoms with van der Waals surface area (Å²) in [6, 6.07) is 0. The van der Waals surface area contributed by atoms with Crippen molar-refractivity contribution < 1.29 is 43.9 Å². The lowest BCUT2D eigenvalue weighted by molar-refractivity contribution is -0.339. The van der Waals surface area contributed by atoms with Crippen LogP contribution < -0.4 is 0 Å². The third-order valence-corrected chi connectivity index (χ3v) is 9.62. The molecule has 2 heterocycles. The zero-order valence-corrected chi connectivity index (χ0v) is 20.0. The predicted octanol–water partition coefficient (Wildman–Crippen LogP) is 0.654. The maximum atomic E-state index is 13.2. The number of fused-ring (bicyclic) bond motifs is 1. The van der Waals surface area contributed by atoms with Crippen LogP contribution in [0, 0.1) is 34.5 Å². The van der Waals surface area contributed by atoms with Crippen molar-refractivity contribution in [2.75, 3.05) is 6.61 Å². The first-order valence-corrected chi connectivity index (χ1v) is 11.8. The molecule has 2 saturated carbocycles. The normalized spacial score (nSPS) is 51.8. The van der Waals surface area contributed by atoms with Crippen LogP contribution in [0.4, 0.5) is 0 Å². The molecule has 9 nitrogen and oxygen atoms in total. The maximum absolute atomic E-state index is 13.2. The summed E-state index contributed by atoms with van der Waals surface area (Å²) in [4.78, 5) is 38.6. The first-order chi connectivity index (χ1) is 15.8. The minimum Gasteiger partial charge on any atom is -0.459 e. The van der Waals surface area contributed by atoms with E-state index >= 15 is 0 Å². The molecule has 0 amide bonds. The molecular weight excluding hydrogens is 444 g/mol. The monoisotopic (exact) mass is 476 g/mol. The van der Waals surface area contributed by atoms with Gasteiger partial charge in [-0.1, -0.05) is 25.5 Å². The quantitative estimate of drug-likeness (QED) is 0.387. The Bertz CT molecular complexity index is 1030. The molecule has 2 aliphatic heterocycles. The van der Waals surface area contributed by atoms with Crippen LogP contribution in [-0.2, 0) is 28.6 Å². The van der Waals surface area contributed by atoms with Crippen LogP contribution in [0.1, 0.15) is 41.0 Å². The minimum absolute atomic E-state index is 0.0686. The number of aliphatic hydroxyl groups is 3. The van der Waals surface area contributed by atoms with Gasteiger partial charge in [0.1, 0.15) is 18.3 Å². The van der Waals surface area contributed by atoms with E-state index in [2.05, 4.69) is 0 Å². The van der Waals surface area contributed by atoms with Crippen molar-refractivity contribution in [3.63, 3.8) is 0 Å². The van der Waals surface area contributed by atoms with Gasteiger partial charge in [-0.05, 0) is 45.1 Å². The molecular formula is C25H32O9. The van der Waals surface area contributed by atoms with E-state index in [0.29, 0.717) is 17.6 Å². The van der Waals surface area contributed by atoms with Gasteiger partial charge in [-0.3, -0.25) is 4.79 Å². The number of ketones is 1. The van der Waals surface area contributed by atoms with Crippen LogP contribution in [0.25, 0.3) is 0 Å². The largest absolute Gasteiger partial charge is 0.459 e. The Morgan fingerprint density at radius 3 is 2.62 bits per heavy atom. The van der Waals surface area contributed by atoms with Crippen molar-refractivity contribution in [2.24, 2.45) is 34.5 Å². The summed E-state index contributed by atoms with van der Waals surface area (Å²) in [5.41, 5.74) is -1.24. The van der Waals surface area contributed by atoms with Crippen LogP contribution in [-0.4, -0.2) is 69.9 Å². The Morgan fingerprint density at radius 1 is 1.29 bits per heavy atom. The molecule has 0 unspecified atom stereocenters. The van der Waals surface area contributed by atoms with E-state index in [1.807, 2.05) is 0 Å². The number of allylic oxidation sites excluding steroid dienone is 2. The van der Waals surface area contributed by atoms with Gasteiger partial charge >= 0.3 is 11.9 Å². The summed E-state index contributed by atoms with van der Waals surface area (Å²) in [7, 11) is 0. The van der Waals surface area contributed by atoms with Crippen molar-refractivity contribution in [3.05, 3.63) is 23.3 Å². The molecule has 2 bridgehead atoms. The molecule has 9 heteroatoms. The lowest BCUT2D eigenvalue weighted by Gasteiger charge is -2.68. The van der Waals surface area contributed by atoms with E-state index in [-0.39, 0.29) is 6.61 Å². The highest BCUT2D eigenvalue weighted by atomic mass is 16.7. The second-order valence-corrected chi connectivity index (χ2v) is 11.0. The third kappa shape index (κ3) is 2.56. The van der Waals surface area contributed by atoms with Gasteiger partial charge in [0.15, 0.2) is 11.6 Å². The minimum atomic E-state index is -2.07. The summed E-state index contributed by atoms with van der Waals surface area (Å²) >= 11 is 0. The van der Waals surface area contributed by atoms with Gasteiger partial charge < -0.3 is 29.5 Å². The number of rotatable bonds is 2. The van der Waals surface area contributed by atoms with Crippen LogP contribution >= 0.6 is 0 Å². The van der Waals surface area contributed by atoms with E-state index in [1.54, 1.807) is 40.7 Å².